The molecular weight excluding hydrogens is 616 g/mol. The fraction of sp³-hybridized carbons (Fsp3) is 0.641. The van der Waals surface area contributed by atoms with Gasteiger partial charge < -0.3 is 9.47 Å². The third-order valence-electron chi connectivity index (χ3n) is 9.28. The molecule has 49 heavy (non-hydrogen) atoms. The van der Waals surface area contributed by atoms with Crippen molar-refractivity contribution in [2.75, 3.05) is 13.2 Å². The van der Waals surface area contributed by atoms with Crippen molar-refractivity contribution in [1.29, 1.82) is 0 Å². The van der Waals surface area contributed by atoms with Crippen LogP contribution in [0.2, 0.25) is 0 Å². The number of hydrazine groups is 2. The van der Waals surface area contributed by atoms with Gasteiger partial charge in [-0.3, -0.25) is 20.4 Å². The van der Waals surface area contributed by atoms with E-state index >= 15 is 0 Å². The van der Waals surface area contributed by atoms with Crippen LogP contribution in [0.15, 0.2) is 18.2 Å². The fourth-order valence-electron chi connectivity index (χ4n) is 6.33. The molecule has 0 aliphatic carbocycles. The van der Waals surface area contributed by atoms with Crippen LogP contribution in [0, 0.1) is 6.92 Å². The molecule has 0 bridgehead atoms. The molecule has 2 heterocycles. The van der Waals surface area contributed by atoms with E-state index in [0.717, 1.165) is 36.5 Å². The molecule has 0 spiro atoms. The predicted molar refractivity (Wildman–Crippen MR) is 200 cm³/mol. The van der Waals surface area contributed by atoms with Gasteiger partial charge in [0.05, 0.1) is 24.2 Å². The lowest BCUT2D eigenvalue weighted by Gasteiger charge is -2.16. The minimum absolute atomic E-state index is 0.142. The van der Waals surface area contributed by atoms with E-state index in [9.17, 15) is 9.59 Å². The van der Waals surface area contributed by atoms with Crippen LogP contribution >= 0.6 is 0 Å². The number of nitrogens with two attached hydrogens (primary N) is 2. The summed E-state index contributed by atoms with van der Waals surface area (Å²) >= 11 is 0. The van der Waals surface area contributed by atoms with Crippen molar-refractivity contribution in [3.8, 4) is 11.5 Å². The monoisotopic (exact) mass is 678 g/mol. The average molecular weight is 679 g/mol. The number of unbranched alkanes of at least 4 members (excludes halogenated alkanes) is 18. The molecule has 0 saturated carbocycles. The van der Waals surface area contributed by atoms with Crippen molar-refractivity contribution in [1.82, 2.24) is 20.8 Å². The summed E-state index contributed by atoms with van der Waals surface area (Å²) in [5.74, 6) is 11.0. The highest BCUT2D eigenvalue weighted by molar-refractivity contribution is 6.07. The second-order valence-corrected chi connectivity index (χ2v) is 13.3. The number of nitrogen functional groups attached to an aromatic ring is 2. The molecule has 272 valence electrons. The molecule has 6 N–H and O–H groups in total. The van der Waals surface area contributed by atoms with Crippen LogP contribution in [0.25, 0.3) is 21.8 Å². The SMILES string of the molecule is CCCCCCCCCCCCOc1cc(C(=O)NN)nc2c(C)c3nc(C(=O)NN)cc(OCCCCCCCCCCCC)c3cc12. The van der Waals surface area contributed by atoms with Crippen LogP contribution < -0.4 is 32.0 Å². The molecule has 3 aromatic rings. The molecule has 10 heteroatoms. The molecular formula is C39H62N6O4. The molecule has 2 amide bonds. The van der Waals surface area contributed by atoms with Gasteiger partial charge >= 0.3 is 0 Å². The van der Waals surface area contributed by atoms with Crippen molar-refractivity contribution in [2.45, 2.75) is 149 Å². The zero-order valence-electron chi connectivity index (χ0n) is 30.5. The second kappa shape index (κ2) is 23.0. The van der Waals surface area contributed by atoms with Gasteiger partial charge in [-0.25, -0.2) is 21.7 Å². The molecule has 0 aliphatic rings. The van der Waals surface area contributed by atoms with Crippen LogP contribution in [0.1, 0.15) is 169 Å². The highest BCUT2D eigenvalue weighted by atomic mass is 16.5. The second-order valence-electron chi connectivity index (χ2n) is 13.3. The number of ether oxygens (including phenoxy) is 2. The number of aromatic nitrogens is 2. The van der Waals surface area contributed by atoms with Crippen LogP contribution in [0.3, 0.4) is 0 Å². The first kappa shape index (κ1) is 39.9. The number of carbonyl (C=O) groups is 2. The maximum absolute atomic E-state index is 12.6. The number of fused-ring (bicyclic) bond motifs is 2. The maximum Gasteiger partial charge on any atom is 0.283 e. The van der Waals surface area contributed by atoms with Crippen molar-refractivity contribution in [2.24, 2.45) is 11.7 Å². The fourth-order valence-corrected chi connectivity index (χ4v) is 6.33. The van der Waals surface area contributed by atoms with Crippen molar-refractivity contribution in [3.63, 3.8) is 0 Å². The molecule has 0 unspecified atom stereocenters. The van der Waals surface area contributed by atoms with Crippen LogP contribution in [-0.4, -0.2) is 35.0 Å². The van der Waals surface area contributed by atoms with Gasteiger partial charge in [-0.05, 0) is 25.8 Å². The van der Waals surface area contributed by atoms with E-state index in [1.807, 2.05) is 13.0 Å². The summed E-state index contributed by atoms with van der Waals surface area (Å²) in [4.78, 5) is 34.5. The van der Waals surface area contributed by atoms with Crippen LogP contribution in [0.4, 0.5) is 0 Å². The minimum atomic E-state index is -0.519. The van der Waals surface area contributed by atoms with E-state index in [4.69, 9.17) is 21.2 Å². The molecule has 2 aromatic heterocycles. The Morgan fingerprint density at radius 2 is 0.878 bits per heavy atom. The van der Waals surface area contributed by atoms with Gasteiger partial charge in [0.2, 0.25) is 0 Å². The lowest BCUT2D eigenvalue weighted by atomic mass is 10.0. The van der Waals surface area contributed by atoms with Gasteiger partial charge in [0.15, 0.2) is 0 Å². The zero-order chi connectivity index (χ0) is 35.3. The lowest BCUT2D eigenvalue weighted by Crippen LogP contribution is -2.31. The Hall–Kier alpha value is -3.50. The van der Waals surface area contributed by atoms with E-state index in [1.54, 1.807) is 12.1 Å². The van der Waals surface area contributed by atoms with Crippen molar-refractivity contribution >= 4 is 33.6 Å². The maximum atomic E-state index is 12.6. The van der Waals surface area contributed by atoms with Gasteiger partial charge in [0.25, 0.3) is 11.8 Å². The number of hydrogen-bond donors (Lipinski definition) is 4. The summed E-state index contributed by atoms with van der Waals surface area (Å²) < 4.78 is 12.6. The summed E-state index contributed by atoms with van der Waals surface area (Å²) in [6.45, 7) is 7.41. The third-order valence-corrected chi connectivity index (χ3v) is 9.28. The topological polar surface area (TPSA) is 154 Å². The highest BCUT2D eigenvalue weighted by Crippen LogP contribution is 2.37. The first-order valence-electron chi connectivity index (χ1n) is 19.0. The van der Waals surface area contributed by atoms with Gasteiger partial charge in [-0.15, -0.1) is 0 Å². The zero-order valence-corrected chi connectivity index (χ0v) is 30.5. The summed E-state index contributed by atoms with van der Waals surface area (Å²) in [5, 5.41) is 1.49. The first-order valence-corrected chi connectivity index (χ1v) is 19.0. The standard InChI is InChI=1S/C39H62N6O4/c1-4-6-8-10-12-14-16-18-20-22-24-48-34-27-32(38(46)44-40)42-36-29(3)37-31(26-30(34)36)35(28-33(43-37)39(47)45-41)49-25-23-21-19-17-15-13-11-9-7-5-2/h26-28H,4-25,40-41H2,1-3H3,(H,44,46)(H,45,47). The number of nitrogens with one attached hydrogen (secondary N) is 2. The Morgan fingerprint density at radius 3 is 1.20 bits per heavy atom. The summed E-state index contributed by atoms with van der Waals surface area (Å²) in [6, 6.07) is 5.22. The highest BCUT2D eigenvalue weighted by Gasteiger charge is 2.20. The summed E-state index contributed by atoms with van der Waals surface area (Å²) in [5.41, 5.74) is 6.43. The van der Waals surface area contributed by atoms with Gasteiger partial charge in [0, 0.05) is 28.5 Å². The first-order chi connectivity index (χ1) is 23.9. The Balaban J connectivity index is 1.75. The Kier molecular flexibility index (Phi) is 18.7. The average Bonchev–Trinajstić information content (AvgIpc) is 3.12. The Labute approximate surface area is 293 Å². The van der Waals surface area contributed by atoms with Gasteiger partial charge in [-0.2, -0.15) is 0 Å². The molecule has 3 rings (SSSR count). The van der Waals surface area contributed by atoms with E-state index in [-0.39, 0.29) is 11.4 Å². The number of carbonyl (C=O) groups excluding carboxylic acids is 2. The van der Waals surface area contributed by atoms with E-state index in [0.29, 0.717) is 41.3 Å². The van der Waals surface area contributed by atoms with E-state index < -0.39 is 11.8 Å². The van der Waals surface area contributed by atoms with E-state index in [2.05, 4.69) is 34.7 Å². The van der Waals surface area contributed by atoms with Crippen LogP contribution in [-0.2, 0) is 0 Å². The molecule has 0 saturated heterocycles. The number of aryl methyl sites for hydroxylation is 1. The molecule has 0 fully saturated rings. The van der Waals surface area contributed by atoms with Gasteiger partial charge in [0.1, 0.15) is 22.9 Å². The quantitative estimate of drug-likeness (QED) is 0.0216. The largest absolute Gasteiger partial charge is 0.493 e. The molecule has 0 radical (unpaired) electrons. The number of pyridine rings is 2. The number of nitrogens with zero attached hydrogens (tertiary/aromatic N) is 2. The number of hydrogen-bond acceptors (Lipinski definition) is 8. The third kappa shape index (κ3) is 13.0. The molecule has 10 nitrogen and oxygen atoms in total. The van der Waals surface area contributed by atoms with Crippen molar-refractivity contribution in [3.05, 3.63) is 35.2 Å². The minimum Gasteiger partial charge on any atom is -0.493 e. The summed E-state index contributed by atoms with van der Waals surface area (Å²) in [6.07, 6.45) is 24.7. The Bertz CT molecular complexity index is 1340. The number of rotatable bonds is 26. The van der Waals surface area contributed by atoms with Crippen LogP contribution in [0.5, 0.6) is 11.5 Å². The van der Waals surface area contributed by atoms with E-state index in [1.165, 1.54) is 103 Å². The normalized spacial score (nSPS) is 11.3. The smallest absolute Gasteiger partial charge is 0.283 e. The Morgan fingerprint density at radius 1 is 0.551 bits per heavy atom. The predicted octanol–water partition coefficient (Wildman–Crippen LogP) is 8.90. The number of amides is 2. The van der Waals surface area contributed by atoms with Crippen molar-refractivity contribution < 1.29 is 19.1 Å². The lowest BCUT2D eigenvalue weighted by molar-refractivity contribution is 0.0941. The molecule has 0 aliphatic heterocycles. The summed E-state index contributed by atoms with van der Waals surface area (Å²) in [7, 11) is 0. The number of benzene rings is 1. The van der Waals surface area contributed by atoms with Gasteiger partial charge in [-0.1, -0.05) is 129 Å². The molecule has 1 aromatic carbocycles. The molecule has 0 atom stereocenters.